The maximum Gasteiger partial charge on any atom is 0.226 e. The first kappa shape index (κ1) is 15.5. The lowest BCUT2D eigenvalue weighted by Gasteiger charge is -2.17. The van der Waals surface area contributed by atoms with Gasteiger partial charge in [0.1, 0.15) is 5.65 Å². The summed E-state index contributed by atoms with van der Waals surface area (Å²) < 4.78 is 1.97. The van der Waals surface area contributed by atoms with Gasteiger partial charge in [-0.2, -0.15) is 0 Å². The maximum atomic E-state index is 12.0. The zero-order valence-electron chi connectivity index (χ0n) is 13.1. The van der Waals surface area contributed by atoms with E-state index in [9.17, 15) is 4.79 Å². The fraction of sp³-hybridized carbons (Fsp3) is 0.500. The summed E-state index contributed by atoms with van der Waals surface area (Å²) in [5, 5.41) is 2.96. The molecule has 5 nitrogen and oxygen atoms in total. The van der Waals surface area contributed by atoms with Crippen LogP contribution in [0.2, 0.25) is 0 Å². The van der Waals surface area contributed by atoms with Crippen molar-refractivity contribution in [1.82, 2.24) is 19.6 Å². The Bertz CT molecular complexity index is 601. The van der Waals surface area contributed by atoms with Crippen LogP contribution in [0.4, 0.5) is 0 Å². The van der Waals surface area contributed by atoms with E-state index in [-0.39, 0.29) is 5.91 Å². The molecule has 2 heterocycles. The highest BCUT2D eigenvalue weighted by Crippen LogP contribution is 2.10. The molecule has 0 atom stereocenters. The average Bonchev–Trinajstić information content (AvgIpc) is 2.87. The van der Waals surface area contributed by atoms with E-state index in [1.807, 2.05) is 35.9 Å². The van der Waals surface area contributed by atoms with E-state index in [4.69, 9.17) is 0 Å². The monoisotopic (exact) mass is 288 g/mol. The molecule has 0 aliphatic heterocycles. The largest absolute Gasteiger partial charge is 0.354 e. The van der Waals surface area contributed by atoms with Crippen molar-refractivity contribution in [3.63, 3.8) is 0 Å². The van der Waals surface area contributed by atoms with E-state index >= 15 is 0 Å². The Balaban J connectivity index is 1.88. The highest BCUT2D eigenvalue weighted by Gasteiger charge is 2.08. The van der Waals surface area contributed by atoms with Crippen molar-refractivity contribution < 1.29 is 4.79 Å². The molecule has 0 radical (unpaired) electrons. The number of nitrogens with one attached hydrogen (secondary N) is 1. The highest BCUT2D eigenvalue weighted by atomic mass is 16.1. The molecule has 2 aromatic rings. The second-order valence-corrected chi connectivity index (χ2v) is 5.21. The van der Waals surface area contributed by atoms with Crippen LogP contribution in [-0.4, -0.2) is 46.4 Å². The van der Waals surface area contributed by atoms with Gasteiger partial charge in [-0.15, -0.1) is 0 Å². The Morgan fingerprint density at radius 1 is 1.38 bits per heavy atom. The third-order valence-corrected chi connectivity index (χ3v) is 3.71. The summed E-state index contributed by atoms with van der Waals surface area (Å²) in [6.07, 6.45) is 4.21. The fourth-order valence-corrected chi connectivity index (χ4v) is 2.41. The average molecular weight is 288 g/mol. The van der Waals surface area contributed by atoms with Crippen LogP contribution in [-0.2, 0) is 11.2 Å². The van der Waals surface area contributed by atoms with Crippen LogP contribution in [0.3, 0.4) is 0 Å². The number of aromatic nitrogens is 2. The maximum absolute atomic E-state index is 12.0. The molecule has 0 spiro atoms. The molecule has 0 aliphatic rings. The molecule has 0 bridgehead atoms. The Hall–Kier alpha value is -1.88. The minimum Gasteiger partial charge on any atom is -0.354 e. The minimum atomic E-state index is 0.0308. The number of imidazole rings is 1. The van der Waals surface area contributed by atoms with Crippen molar-refractivity contribution in [1.29, 1.82) is 0 Å². The number of pyridine rings is 1. The van der Waals surface area contributed by atoms with Gasteiger partial charge in [0.05, 0.1) is 12.1 Å². The number of carbonyl (C=O) groups is 1. The molecule has 21 heavy (non-hydrogen) atoms. The topological polar surface area (TPSA) is 49.6 Å². The van der Waals surface area contributed by atoms with Crippen LogP contribution in [0.1, 0.15) is 25.1 Å². The number of likely N-dealkylation sites (N-methyl/N-ethyl adjacent to an activating group) is 1. The minimum absolute atomic E-state index is 0.0308. The van der Waals surface area contributed by atoms with E-state index in [0.29, 0.717) is 13.0 Å². The van der Waals surface area contributed by atoms with Gasteiger partial charge in [-0.1, -0.05) is 19.9 Å². The normalized spacial score (nSPS) is 11.2. The quantitative estimate of drug-likeness (QED) is 0.842. The van der Waals surface area contributed by atoms with E-state index in [0.717, 1.165) is 36.5 Å². The number of amides is 1. The molecule has 0 aromatic carbocycles. The Kier molecular flexibility index (Phi) is 5.33. The van der Waals surface area contributed by atoms with Crippen molar-refractivity contribution in [2.24, 2.45) is 0 Å². The van der Waals surface area contributed by atoms with Gasteiger partial charge >= 0.3 is 0 Å². The molecule has 0 unspecified atom stereocenters. The first-order chi connectivity index (χ1) is 10.1. The summed E-state index contributed by atoms with van der Waals surface area (Å²) in [6, 6.07) is 4.01. The summed E-state index contributed by atoms with van der Waals surface area (Å²) in [5.41, 5.74) is 2.85. The summed E-state index contributed by atoms with van der Waals surface area (Å²) >= 11 is 0. The van der Waals surface area contributed by atoms with E-state index in [2.05, 4.69) is 29.0 Å². The molecule has 0 saturated carbocycles. The summed E-state index contributed by atoms with van der Waals surface area (Å²) in [6.45, 7) is 9.89. The van der Waals surface area contributed by atoms with E-state index < -0.39 is 0 Å². The molecule has 1 N–H and O–H groups in total. The first-order valence-corrected chi connectivity index (χ1v) is 7.56. The van der Waals surface area contributed by atoms with Crippen molar-refractivity contribution in [2.45, 2.75) is 27.2 Å². The second-order valence-electron chi connectivity index (χ2n) is 5.21. The van der Waals surface area contributed by atoms with Crippen molar-refractivity contribution in [3.8, 4) is 0 Å². The van der Waals surface area contributed by atoms with Crippen LogP contribution < -0.4 is 5.32 Å². The Morgan fingerprint density at radius 3 is 2.81 bits per heavy atom. The number of hydrogen-bond acceptors (Lipinski definition) is 3. The molecule has 0 fully saturated rings. The molecule has 2 rings (SSSR count). The third kappa shape index (κ3) is 4.04. The number of fused-ring (bicyclic) bond motifs is 1. The second kappa shape index (κ2) is 7.22. The van der Waals surface area contributed by atoms with Gasteiger partial charge in [0.25, 0.3) is 0 Å². The Morgan fingerprint density at radius 2 is 2.14 bits per heavy atom. The lowest BCUT2D eigenvalue weighted by atomic mass is 10.3. The van der Waals surface area contributed by atoms with Gasteiger partial charge in [0, 0.05) is 25.5 Å². The summed E-state index contributed by atoms with van der Waals surface area (Å²) in [7, 11) is 0. The van der Waals surface area contributed by atoms with Crippen LogP contribution in [0.25, 0.3) is 5.65 Å². The van der Waals surface area contributed by atoms with E-state index in [1.54, 1.807) is 0 Å². The molecule has 0 saturated heterocycles. The van der Waals surface area contributed by atoms with Gasteiger partial charge in [-0.3, -0.25) is 4.79 Å². The smallest absolute Gasteiger partial charge is 0.226 e. The lowest BCUT2D eigenvalue weighted by molar-refractivity contribution is -0.120. The molecular formula is C16H24N4O. The van der Waals surface area contributed by atoms with Crippen LogP contribution in [0.15, 0.2) is 24.5 Å². The molecule has 5 heteroatoms. The standard InChI is InChI=1S/C16H24N4O/c1-4-19(5-2)10-8-17-15(21)11-14-12-20-9-6-7-13(3)16(20)18-14/h6-7,9,12H,4-5,8,10-11H2,1-3H3,(H,17,21). The zero-order valence-corrected chi connectivity index (χ0v) is 13.1. The summed E-state index contributed by atoms with van der Waals surface area (Å²) in [5.74, 6) is 0.0308. The number of aryl methyl sites for hydroxylation is 1. The summed E-state index contributed by atoms with van der Waals surface area (Å²) in [4.78, 5) is 18.8. The molecule has 1 amide bonds. The van der Waals surface area contributed by atoms with Gasteiger partial charge in [0.2, 0.25) is 5.91 Å². The number of nitrogens with zero attached hydrogens (tertiary/aromatic N) is 3. The molecule has 114 valence electrons. The predicted molar refractivity (Wildman–Crippen MR) is 84.4 cm³/mol. The van der Waals surface area contributed by atoms with Crippen LogP contribution in [0.5, 0.6) is 0 Å². The zero-order chi connectivity index (χ0) is 15.2. The third-order valence-electron chi connectivity index (χ3n) is 3.71. The van der Waals surface area contributed by atoms with Crippen molar-refractivity contribution in [3.05, 3.63) is 35.8 Å². The van der Waals surface area contributed by atoms with Gasteiger partial charge in [-0.05, 0) is 31.6 Å². The van der Waals surface area contributed by atoms with Crippen LogP contribution >= 0.6 is 0 Å². The molecular weight excluding hydrogens is 264 g/mol. The SMILES string of the molecule is CCN(CC)CCNC(=O)Cc1cn2cccc(C)c2n1. The van der Waals surface area contributed by atoms with Gasteiger partial charge < -0.3 is 14.6 Å². The molecule has 2 aromatic heterocycles. The Labute approximate surface area is 126 Å². The highest BCUT2D eigenvalue weighted by molar-refractivity contribution is 5.78. The van der Waals surface area contributed by atoms with Gasteiger partial charge in [0.15, 0.2) is 0 Å². The number of carbonyl (C=O) groups excluding carboxylic acids is 1. The lowest BCUT2D eigenvalue weighted by Crippen LogP contribution is -2.35. The van der Waals surface area contributed by atoms with Crippen molar-refractivity contribution >= 4 is 11.6 Å². The number of rotatable bonds is 7. The molecule has 0 aliphatic carbocycles. The van der Waals surface area contributed by atoms with Gasteiger partial charge in [-0.25, -0.2) is 4.98 Å². The number of hydrogen-bond donors (Lipinski definition) is 1. The predicted octanol–water partition coefficient (Wildman–Crippen LogP) is 1.64. The van der Waals surface area contributed by atoms with Crippen molar-refractivity contribution in [2.75, 3.05) is 26.2 Å². The first-order valence-electron chi connectivity index (χ1n) is 7.56. The fourth-order valence-electron chi connectivity index (χ4n) is 2.41. The van der Waals surface area contributed by atoms with Crippen LogP contribution in [0, 0.1) is 6.92 Å². The van der Waals surface area contributed by atoms with E-state index in [1.165, 1.54) is 0 Å².